The fourth-order valence-electron chi connectivity index (χ4n) is 2.26. The summed E-state index contributed by atoms with van der Waals surface area (Å²) in [4.78, 5) is 0. The van der Waals surface area contributed by atoms with Crippen molar-refractivity contribution in [3.63, 3.8) is 0 Å². The van der Waals surface area contributed by atoms with Gasteiger partial charge in [-0.05, 0) is 33.6 Å². The second-order valence-corrected chi connectivity index (χ2v) is 7.32. The molecular formula is C11H25N3O2S. The molecule has 0 amide bonds. The molecule has 0 atom stereocenters. The molecule has 1 fully saturated rings. The van der Waals surface area contributed by atoms with Crippen LogP contribution in [0.4, 0.5) is 0 Å². The van der Waals surface area contributed by atoms with E-state index >= 15 is 0 Å². The number of hydrogen-bond acceptors (Lipinski definition) is 3. The summed E-state index contributed by atoms with van der Waals surface area (Å²) in [6.07, 6.45) is 4.11. The first-order valence-electron chi connectivity index (χ1n) is 6.27. The van der Waals surface area contributed by atoms with Crippen LogP contribution >= 0.6 is 0 Å². The molecule has 0 saturated heterocycles. The summed E-state index contributed by atoms with van der Waals surface area (Å²) >= 11 is 0. The highest BCUT2D eigenvalue weighted by atomic mass is 32.2. The number of hydrogen-bond donors (Lipinski definition) is 2. The van der Waals surface area contributed by atoms with Crippen LogP contribution in [-0.4, -0.2) is 37.4 Å². The summed E-state index contributed by atoms with van der Waals surface area (Å²) in [5, 5.41) is 0. The summed E-state index contributed by atoms with van der Waals surface area (Å²) in [6.45, 7) is 6.30. The lowest BCUT2D eigenvalue weighted by Crippen LogP contribution is -2.52. The van der Waals surface area contributed by atoms with Gasteiger partial charge in [0.2, 0.25) is 0 Å². The highest BCUT2D eigenvalue weighted by Crippen LogP contribution is 2.25. The van der Waals surface area contributed by atoms with Crippen LogP contribution in [0.1, 0.15) is 46.5 Å². The van der Waals surface area contributed by atoms with Gasteiger partial charge in [-0.2, -0.15) is 17.4 Å². The van der Waals surface area contributed by atoms with Gasteiger partial charge in [0.1, 0.15) is 0 Å². The Labute approximate surface area is 105 Å². The zero-order valence-corrected chi connectivity index (χ0v) is 11.9. The van der Waals surface area contributed by atoms with Crippen LogP contribution in [0.2, 0.25) is 0 Å². The van der Waals surface area contributed by atoms with E-state index in [9.17, 15) is 8.42 Å². The second-order valence-electron chi connectivity index (χ2n) is 5.69. The maximum absolute atomic E-state index is 12.3. The van der Waals surface area contributed by atoms with Gasteiger partial charge < -0.3 is 5.73 Å². The van der Waals surface area contributed by atoms with Gasteiger partial charge in [0.05, 0.1) is 0 Å². The van der Waals surface area contributed by atoms with Gasteiger partial charge in [-0.1, -0.05) is 12.8 Å². The number of rotatable bonds is 5. The Morgan fingerprint density at radius 1 is 1.29 bits per heavy atom. The van der Waals surface area contributed by atoms with E-state index in [1.807, 2.05) is 20.8 Å². The SMILES string of the molecule is CC(C)(C)NS(=O)(=O)N(CCN)C1CCCC1. The quantitative estimate of drug-likeness (QED) is 0.771. The van der Waals surface area contributed by atoms with Gasteiger partial charge in [-0.25, -0.2) is 0 Å². The lowest BCUT2D eigenvalue weighted by molar-refractivity contribution is 0.315. The van der Waals surface area contributed by atoms with E-state index in [4.69, 9.17) is 5.73 Å². The van der Waals surface area contributed by atoms with Crippen LogP contribution in [0.5, 0.6) is 0 Å². The van der Waals surface area contributed by atoms with Gasteiger partial charge >= 0.3 is 0 Å². The third-order valence-corrected chi connectivity index (χ3v) is 4.79. The number of nitrogens with two attached hydrogens (primary N) is 1. The molecule has 0 aromatic carbocycles. The summed E-state index contributed by atoms with van der Waals surface area (Å²) in [5.41, 5.74) is 5.07. The smallest absolute Gasteiger partial charge is 0.280 e. The van der Waals surface area contributed by atoms with Crippen LogP contribution in [-0.2, 0) is 10.2 Å². The van der Waals surface area contributed by atoms with Crippen molar-refractivity contribution in [2.75, 3.05) is 13.1 Å². The van der Waals surface area contributed by atoms with Crippen LogP contribution in [0.25, 0.3) is 0 Å². The molecule has 1 saturated carbocycles. The van der Waals surface area contributed by atoms with E-state index in [2.05, 4.69) is 4.72 Å². The molecular weight excluding hydrogens is 238 g/mol. The average Bonchev–Trinajstić information content (AvgIpc) is 2.62. The molecule has 1 aliphatic rings. The summed E-state index contributed by atoms with van der Waals surface area (Å²) in [7, 11) is -3.42. The minimum Gasteiger partial charge on any atom is -0.329 e. The molecule has 17 heavy (non-hydrogen) atoms. The van der Waals surface area contributed by atoms with Crippen molar-refractivity contribution in [2.45, 2.75) is 58.0 Å². The topological polar surface area (TPSA) is 75.4 Å². The van der Waals surface area contributed by atoms with Crippen LogP contribution in [0.3, 0.4) is 0 Å². The van der Waals surface area contributed by atoms with E-state index in [0.29, 0.717) is 13.1 Å². The fraction of sp³-hybridized carbons (Fsp3) is 1.00. The molecule has 0 aromatic heterocycles. The molecule has 0 radical (unpaired) electrons. The first-order valence-corrected chi connectivity index (χ1v) is 7.71. The van der Waals surface area contributed by atoms with Crippen molar-refractivity contribution in [1.82, 2.24) is 9.03 Å². The number of nitrogens with one attached hydrogen (secondary N) is 1. The van der Waals surface area contributed by atoms with Crippen molar-refractivity contribution in [2.24, 2.45) is 5.73 Å². The maximum atomic E-state index is 12.3. The molecule has 6 heteroatoms. The molecule has 5 nitrogen and oxygen atoms in total. The lowest BCUT2D eigenvalue weighted by Gasteiger charge is -2.31. The molecule has 102 valence electrons. The van der Waals surface area contributed by atoms with Crippen molar-refractivity contribution in [1.29, 1.82) is 0 Å². The minimum absolute atomic E-state index is 0.124. The van der Waals surface area contributed by atoms with Crippen LogP contribution in [0.15, 0.2) is 0 Å². The van der Waals surface area contributed by atoms with E-state index in [0.717, 1.165) is 25.7 Å². The third-order valence-electron chi connectivity index (χ3n) is 2.83. The van der Waals surface area contributed by atoms with E-state index in [-0.39, 0.29) is 6.04 Å². The fourth-order valence-corrected chi connectivity index (χ4v) is 4.10. The van der Waals surface area contributed by atoms with Crippen LogP contribution in [0, 0.1) is 0 Å². The van der Waals surface area contributed by atoms with E-state index in [1.165, 1.54) is 0 Å². The van der Waals surface area contributed by atoms with Crippen molar-refractivity contribution < 1.29 is 8.42 Å². The molecule has 1 aliphatic carbocycles. The molecule has 0 aliphatic heterocycles. The molecule has 0 heterocycles. The number of nitrogens with zero attached hydrogens (tertiary/aromatic N) is 1. The Hall–Kier alpha value is -0.170. The van der Waals surface area contributed by atoms with Crippen molar-refractivity contribution in [3.05, 3.63) is 0 Å². The summed E-state index contributed by atoms with van der Waals surface area (Å²) in [6, 6.07) is 0.124. The zero-order valence-electron chi connectivity index (χ0n) is 11.1. The molecule has 0 spiro atoms. The Morgan fingerprint density at radius 2 is 1.82 bits per heavy atom. The van der Waals surface area contributed by atoms with Gasteiger partial charge in [0, 0.05) is 24.7 Å². The predicted octanol–water partition coefficient (Wildman–Crippen LogP) is 0.823. The molecule has 3 N–H and O–H groups in total. The van der Waals surface area contributed by atoms with Crippen molar-refractivity contribution >= 4 is 10.2 Å². The summed E-state index contributed by atoms with van der Waals surface area (Å²) in [5.74, 6) is 0. The first-order chi connectivity index (χ1) is 7.76. The molecule has 1 rings (SSSR count). The Balaban J connectivity index is 2.81. The van der Waals surface area contributed by atoms with Crippen LogP contribution < -0.4 is 10.5 Å². The lowest BCUT2D eigenvalue weighted by atomic mass is 10.1. The minimum atomic E-state index is -3.42. The predicted molar refractivity (Wildman–Crippen MR) is 69.8 cm³/mol. The van der Waals surface area contributed by atoms with E-state index in [1.54, 1.807) is 4.31 Å². The Bertz CT molecular complexity index is 329. The third kappa shape index (κ3) is 4.54. The standard InChI is InChI=1S/C11H25N3O2S/c1-11(2,3)13-17(15,16)14(9-8-12)10-6-4-5-7-10/h10,13H,4-9,12H2,1-3H3. The van der Waals surface area contributed by atoms with Gasteiger partial charge in [0.25, 0.3) is 10.2 Å². The molecule has 0 bridgehead atoms. The highest BCUT2D eigenvalue weighted by molar-refractivity contribution is 7.87. The largest absolute Gasteiger partial charge is 0.329 e. The van der Waals surface area contributed by atoms with Gasteiger partial charge in [0.15, 0.2) is 0 Å². The average molecular weight is 263 g/mol. The summed E-state index contributed by atoms with van der Waals surface area (Å²) < 4.78 is 28.8. The maximum Gasteiger partial charge on any atom is 0.280 e. The van der Waals surface area contributed by atoms with Gasteiger partial charge in [-0.3, -0.25) is 0 Å². The second kappa shape index (κ2) is 5.65. The zero-order chi connectivity index (χ0) is 13.1. The monoisotopic (exact) mass is 263 g/mol. The normalized spacial score (nSPS) is 19.1. The van der Waals surface area contributed by atoms with Gasteiger partial charge in [-0.15, -0.1) is 0 Å². The van der Waals surface area contributed by atoms with Crippen molar-refractivity contribution in [3.8, 4) is 0 Å². The molecule has 0 unspecified atom stereocenters. The highest BCUT2D eigenvalue weighted by Gasteiger charge is 2.33. The van der Waals surface area contributed by atoms with E-state index < -0.39 is 15.7 Å². The first kappa shape index (κ1) is 14.9. The Morgan fingerprint density at radius 3 is 2.24 bits per heavy atom. The Kier molecular flexibility index (Phi) is 4.95. The molecule has 0 aromatic rings.